The van der Waals surface area contributed by atoms with E-state index in [1.54, 1.807) is 36.4 Å². The Morgan fingerprint density at radius 3 is 2.64 bits per heavy atom. The van der Waals surface area contributed by atoms with Crippen molar-refractivity contribution in [3.63, 3.8) is 0 Å². The summed E-state index contributed by atoms with van der Waals surface area (Å²) in [5, 5.41) is 9.85. The molecule has 0 aliphatic heterocycles. The number of hydrogen-bond donors (Lipinski definition) is 2. The zero-order valence-electron chi connectivity index (χ0n) is 15.5. The molecule has 8 nitrogen and oxygen atoms in total. The third-order valence-electron chi connectivity index (χ3n) is 3.95. The van der Waals surface area contributed by atoms with E-state index in [4.69, 9.17) is 4.74 Å². The molecular formula is C20H21N5O3. The number of nitrogens with one attached hydrogen (secondary N) is 2. The van der Waals surface area contributed by atoms with Crippen molar-refractivity contribution in [2.24, 2.45) is 0 Å². The molecule has 0 bridgehead atoms. The van der Waals surface area contributed by atoms with E-state index in [0.717, 1.165) is 5.69 Å². The topological polar surface area (TPSA) is 98.1 Å². The summed E-state index contributed by atoms with van der Waals surface area (Å²) in [5.74, 6) is -0.674. The van der Waals surface area contributed by atoms with E-state index in [1.807, 2.05) is 36.4 Å². The van der Waals surface area contributed by atoms with Crippen molar-refractivity contribution in [2.45, 2.75) is 0 Å². The first-order valence-electron chi connectivity index (χ1n) is 8.78. The molecule has 0 saturated carbocycles. The molecule has 2 aromatic heterocycles. The quantitative estimate of drug-likeness (QED) is 0.577. The fourth-order valence-electron chi connectivity index (χ4n) is 2.58. The van der Waals surface area contributed by atoms with Gasteiger partial charge < -0.3 is 15.4 Å². The first-order chi connectivity index (χ1) is 13.7. The second kappa shape index (κ2) is 9.43. The standard InChI is InChI=1S/C20H21N5O3/c1-28-11-10-22-18(26)13-23-20(27)17-14-25(16-7-3-2-4-8-16)24-19(17)15-6-5-9-21-12-15/h2-9,12,14H,10-11,13H2,1H3,(H,22,26)(H,23,27). The van der Waals surface area contributed by atoms with Crippen LogP contribution in [-0.4, -0.2) is 53.4 Å². The lowest BCUT2D eigenvalue weighted by molar-refractivity contribution is -0.120. The average Bonchev–Trinajstić information content (AvgIpc) is 3.19. The van der Waals surface area contributed by atoms with Gasteiger partial charge in [-0.25, -0.2) is 4.68 Å². The molecule has 1 aromatic carbocycles. The van der Waals surface area contributed by atoms with Crippen LogP contribution < -0.4 is 10.6 Å². The van der Waals surface area contributed by atoms with E-state index >= 15 is 0 Å². The number of carbonyl (C=O) groups is 2. The first kappa shape index (κ1) is 19.2. The second-order valence-corrected chi connectivity index (χ2v) is 5.94. The van der Waals surface area contributed by atoms with Crippen molar-refractivity contribution in [3.05, 3.63) is 66.6 Å². The molecule has 0 spiro atoms. The minimum atomic E-state index is -0.386. The summed E-state index contributed by atoms with van der Waals surface area (Å²) in [6.45, 7) is 0.665. The number of amides is 2. The molecule has 0 aliphatic rings. The van der Waals surface area contributed by atoms with Gasteiger partial charge in [-0.2, -0.15) is 5.10 Å². The van der Waals surface area contributed by atoms with Crippen molar-refractivity contribution in [2.75, 3.05) is 26.8 Å². The highest BCUT2D eigenvalue weighted by Crippen LogP contribution is 2.23. The van der Waals surface area contributed by atoms with Crippen LogP contribution in [0.15, 0.2) is 61.1 Å². The summed E-state index contributed by atoms with van der Waals surface area (Å²) < 4.78 is 6.51. The molecule has 2 heterocycles. The van der Waals surface area contributed by atoms with Gasteiger partial charge in [0, 0.05) is 37.8 Å². The number of aromatic nitrogens is 3. The molecule has 8 heteroatoms. The van der Waals surface area contributed by atoms with Gasteiger partial charge in [0.2, 0.25) is 5.91 Å². The fourth-order valence-corrected chi connectivity index (χ4v) is 2.58. The predicted molar refractivity (Wildman–Crippen MR) is 104 cm³/mol. The van der Waals surface area contributed by atoms with E-state index in [2.05, 4.69) is 20.7 Å². The fraction of sp³-hybridized carbons (Fsp3) is 0.200. The second-order valence-electron chi connectivity index (χ2n) is 5.94. The number of nitrogens with zero attached hydrogens (tertiary/aromatic N) is 3. The van der Waals surface area contributed by atoms with E-state index < -0.39 is 0 Å². The Balaban J connectivity index is 1.81. The van der Waals surface area contributed by atoms with Crippen LogP contribution in [0.5, 0.6) is 0 Å². The summed E-state index contributed by atoms with van der Waals surface area (Å²) in [7, 11) is 1.55. The number of methoxy groups -OCH3 is 1. The molecule has 0 radical (unpaired) electrons. The number of hydrogen-bond acceptors (Lipinski definition) is 5. The van der Waals surface area contributed by atoms with Crippen LogP contribution in [0.4, 0.5) is 0 Å². The molecule has 144 valence electrons. The number of rotatable bonds is 8. The van der Waals surface area contributed by atoms with Gasteiger partial charge >= 0.3 is 0 Å². The van der Waals surface area contributed by atoms with Gasteiger partial charge in [-0.05, 0) is 24.3 Å². The molecule has 3 aromatic rings. The van der Waals surface area contributed by atoms with Crippen LogP contribution in [0, 0.1) is 0 Å². The van der Waals surface area contributed by atoms with E-state index in [-0.39, 0.29) is 18.4 Å². The number of para-hydroxylation sites is 1. The van der Waals surface area contributed by atoms with Crippen molar-refractivity contribution in [1.29, 1.82) is 0 Å². The Labute approximate surface area is 162 Å². The molecule has 0 fully saturated rings. The normalized spacial score (nSPS) is 10.5. The van der Waals surface area contributed by atoms with E-state index in [9.17, 15) is 9.59 Å². The Morgan fingerprint density at radius 1 is 1.11 bits per heavy atom. The lowest BCUT2D eigenvalue weighted by Crippen LogP contribution is -2.38. The summed E-state index contributed by atoms with van der Waals surface area (Å²) in [4.78, 5) is 28.7. The van der Waals surface area contributed by atoms with Gasteiger partial charge in [-0.1, -0.05) is 18.2 Å². The highest BCUT2D eigenvalue weighted by molar-refractivity contribution is 6.01. The van der Waals surface area contributed by atoms with Crippen molar-refractivity contribution < 1.29 is 14.3 Å². The minimum absolute atomic E-state index is 0.133. The van der Waals surface area contributed by atoms with Gasteiger partial charge in [-0.15, -0.1) is 0 Å². The third-order valence-corrected chi connectivity index (χ3v) is 3.95. The maximum atomic E-state index is 12.7. The van der Waals surface area contributed by atoms with Crippen LogP contribution >= 0.6 is 0 Å². The van der Waals surface area contributed by atoms with Crippen LogP contribution in [0.3, 0.4) is 0 Å². The van der Waals surface area contributed by atoms with Crippen molar-refractivity contribution in [3.8, 4) is 16.9 Å². The number of carbonyl (C=O) groups excluding carboxylic acids is 2. The predicted octanol–water partition coefficient (Wildman–Crippen LogP) is 1.43. The maximum Gasteiger partial charge on any atom is 0.255 e. The monoisotopic (exact) mass is 379 g/mol. The molecule has 0 aliphatic carbocycles. The Morgan fingerprint density at radius 2 is 1.93 bits per heavy atom. The third kappa shape index (κ3) is 4.80. The van der Waals surface area contributed by atoms with E-state index in [1.165, 1.54) is 0 Å². The van der Waals surface area contributed by atoms with Crippen LogP contribution in [-0.2, 0) is 9.53 Å². The SMILES string of the molecule is COCCNC(=O)CNC(=O)c1cn(-c2ccccc2)nc1-c1cccnc1. The number of pyridine rings is 1. The van der Waals surface area contributed by atoms with Crippen LogP contribution in [0.1, 0.15) is 10.4 Å². The van der Waals surface area contributed by atoms with Crippen LogP contribution in [0.25, 0.3) is 16.9 Å². The lowest BCUT2D eigenvalue weighted by Gasteiger charge is -2.06. The lowest BCUT2D eigenvalue weighted by atomic mass is 10.1. The van der Waals surface area contributed by atoms with Gasteiger partial charge in [0.05, 0.1) is 24.4 Å². The molecule has 0 unspecified atom stereocenters. The zero-order chi connectivity index (χ0) is 19.8. The molecule has 2 amide bonds. The van der Waals surface area contributed by atoms with Gasteiger partial charge in [0.1, 0.15) is 5.69 Å². The zero-order valence-corrected chi connectivity index (χ0v) is 15.5. The highest BCUT2D eigenvalue weighted by atomic mass is 16.5. The van der Waals surface area contributed by atoms with Crippen molar-refractivity contribution >= 4 is 11.8 Å². The molecule has 28 heavy (non-hydrogen) atoms. The summed E-state index contributed by atoms with van der Waals surface area (Å²) in [6, 6.07) is 13.1. The molecule has 0 atom stereocenters. The minimum Gasteiger partial charge on any atom is -0.383 e. The summed E-state index contributed by atoms with van der Waals surface area (Å²) >= 11 is 0. The molecule has 2 N–H and O–H groups in total. The molecule has 3 rings (SSSR count). The molecule has 0 saturated heterocycles. The maximum absolute atomic E-state index is 12.7. The van der Waals surface area contributed by atoms with Gasteiger partial charge in [0.25, 0.3) is 5.91 Å². The van der Waals surface area contributed by atoms with Crippen molar-refractivity contribution in [1.82, 2.24) is 25.4 Å². The molecular weight excluding hydrogens is 358 g/mol. The Bertz CT molecular complexity index is 926. The average molecular weight is 379 g/mol. The van der Waals surface area contributed by atoms with Crippen LogP contribution in [0.2, 0.25) is 0 Å². The number of ether oxygens (including phenoxy) is 1. The van der Waals surface area contributed by atoms with E-state index in [0.29, 0.717) is 30.0 Å². The first-order valence-corrected chi connectivity index (χ1v) is 8.78. The van der Waals surface area contributed by atoms with Gasteiger partial charge in [0.15, 0.2) is 0 Å². The summed E-state index contributed by atoms with van der Waals surface area (Å²) in [6.07, 6.45) is 4.95. The van der Waals surface area contributed by atoms with Gasteiger partial charge in [-0.3, -0.25) is 14.6 Å². The smallest absolute Gasteiger partial charge is 0.255 e. The summed E-state index contributed by atoms with van der Waals surface area (Å²) in [5.41, 5.74) is 2.40. The Kier molecular flexibility index (Phi) is 6.48. The number of benzene rings is 1. The largest absolute Gasteiger partial charge is 0.383 e. The highest BCUT2D eigenvalue weighted by Gasteiger charge is 2.19. The Hall–Kier alpha value is -3.52.